The Hall–Kier alpha value is -1.25. The molecule has 1 unspecified atom stereocenters. The molecule has 2 rings (SSSR count). The van der Waals surface area contributed by atoms with Crippen molar-refractivity contribution in [1.82, 2.24) is 4.90 Å². The minimum atomic E-state index is -2.39. The second-order valence-electron chi connectivity index (χ2n) is 4.37. The van der Waals surface area contributed by atoms with Crippen LogP contribution in [0.1, 0.15) is 16.8 Å². The monoisotopic (exact) mass is 381 g/mol. The molecular formula is C12H10F2INO3. The largest absolute Gasteiger partial charge is 0.479 e. The SMILES string of the molecule is O=C(c1ccc(F)cc1I)N1CCC(F)(C(=O)O)C1. The summed E-state index contributed by atoms with van der Waals surface area (Å²) in [4.78, 5) is 24.0. The molecule has 0 aliphatic carbocycles. The number of hydrogen-bond donors (Lipinski definition) is 1. The molecule has 1 aromatic carbocycles. The van der Waals surface area contributed by atoms with Gasteiger partial charge in [-0.25, -0.2) is 13.6 Å². The fourth-order valence-corrected chi connectivity index (χ4v) is 2.66. The van der Waals surface area contributed by atoms with Crippen LogP contribution >= 0.6 is 22.6 Å². The molecule has 7 heteroatoms. The van der Waals surface area contributed by atoms with E-state index < -0.39 is 29.9 Å². The number of benzene rings is 1. The molecule has 1 aliphatic heterocycles. The van der Waals surface area contributed by atoms with Crippen molar-refractivity contribution in [2.75, 3.05) is 13.1 Å². The number of carbonyl (C=O) groups is 2. The van der Waals surface area contributed by atoms with Gasteiger partial charge in [-0.3, -0.25) is 4.79 Å². The molecule has 19 heavy (non-hydrogen) atoms. The second-order valence-corrected chi connectivity index (χ2v) is 5.53. The Morgan fingerprint density at radius 2 is 2.11 bits per heavy atom. The average molecular weight is 381 g/mol. The fraction of sp³-hybridized carbons (Fsp3) is 0.333. The predicted octanol–water partition coefficient (Wildman–Crippen LogP) is 2.07. The van der Waals surface area contributed by atoms with Crippen molar-refractivity contribution in [3.8, 4) is 0 Å². The number of carboxylic acids is 1. The summed E-state index contributed by atoms with van der Waals surface area (Å²) in [7, 11) is 0. The van der Waals surface area contributed by atoms with Crippen molar-refractivity contribution >= 4 is 34.5 Å². The minimum Gasteiger partial charge on any atom is -0.479 e. The Kier molecular flexibility index (Phi) is 3.75. The van der Waals surface area contributed by atoms with Gasteiger partial charge in [-0.15, -0.1) is 0 Å². The van der Waals surface area contributed by atoms with E-state index in [2.05, 4.69) is 0 Å². The Morgan fingerprint density at radius 1 is 1.42 bits per heavy atom. The van der Waals surface area contributed by atoms with Crippen LogP contribution in [0.5, 0.6) is 0 Å². The zero-order chi connectivity index (χ0) is 14.2. The molecule has 1 fully saturated rings. The number of carbonyl (C=O) groups excluding carboxylic acids is 1. The van der Waals surface area contributed by atoms with Gasteiger partial charge in [-0.2, -0.15) is 0 Å². The normalized spacial score (nSPS) is 22.6. The van der Waals surface area contributed by atoms with Gasteiger partial charge in [0.15, 0.2) is 0 Å². The smallest absolute Gasteiger partial charge is 0.343 e. The third-order valence-corrected chi connectivity index (χ3v) is 3.94. The van der Waals surface area contributed by atoms with E-state index in [4.69, 9.17) is 5.11 Å². The molecule has 1 heterocycles. The maximum absolute atomic E-state index is 13.9. The molecule has 0 bridgehead atoms. The van der Waals surface area contributed by atoms with Crippen LogP contribution in [-0.4, -0.2) is 40.6 Å². The van der Waals surface area contributed by atoms with Gasteiger partial charge in [0, 0.05) is 16.5 Å². The number of amides is 1. The summed E-state index contributed by atoms with van der Waals surface area (Å²) in [5.74, 6) is -2.51. The summed E-state index contributed by atoms with van der Waals surface area (Å²) in [6.07, 6.45) is -0.230. The van der Waals surface area contributed by atoms with Crippen LogP contribution in [0.25, 0.3) is 0 Å². The molecule has 102 valence electrons. The number of hydrogen-bond acceptors (Lipinski definition) is 2. The number of nitrogens with zero attached hydrogens (tertiary/aromatic N) is 1. The predicted molar refractivity (Wildman–Crippen MR) is 71.1 cm³/mol. The quantitative estimate of drug-likeness (QED) is 0.799. The molecule has 0 radical (unpaired) electrons. The minimum absolute atomic E-state index is 0.0368. The Labute approximate surface area is 121 Å². The first-order chi connectivity index (χ1) is 8.83. The second kappa shape index (κ2) is 5.03. The summed E-state index contributed by atoms with van der Waals surface area (Å²) in [5.41, 5.74) is -2.14. The van der Waals surface area contributed by atoms with Gasteiger partial charge in [0.25, 0.3) is 5.91 Å². The van der Waals surface area contributed by atoms with Crippen LogP contribution in [-0.2, 0) is 4.79 Å². The van der Waals surface area contributed by atoms with Gasteiger partial charge < -0.3 is 10.0 Å². The lowest BCUT2D eigenvalue weighted by molar-refractivity contribution is -0.149. The van der Waals surface area contributed by atoms with Crippen molar-refractivity contribution < 1.29 is 23.5 Å². The molecule has 1 aliphatic rings. The van der Waals surface area contributed by atoms with E-state index in [9.17, 15) is 18.4 Å². The van der Waals surface area contributed by atoms with Gasteiger partial charge in [0.2, 0.25) is 5.67 Å². The number of aliphatic carboxylic acids is 1. The molecule has 1 aromatic rings. The molecule has 0 aromatic heterocycles. The Morgan fingerprint density at radius 3 is 2.63 bits per heavy atom. The summed E-state index contributed by atoms with van der Waals surface area (Å²) in [5, 5.41) is 8.77. The van der Waals surface area contributed by atoms with Gasteiger partial charge in [0.05, 0.1) is 12.1 Å². The maximum atomic E-state index is 13.9. The molecule has 0 spiro atoms. The zero-order valence-corrected chi connectivity index (χ0v) is 11.9. The fourth-order valence-electron chi connectivity index (χ4n) is 1.95. The Bertz CT molecular complexity index is 552. The van der Waals surface area contributed by atoms with Gasteiger partial charge in [-0.1, -0.05) is 0 Å². The number of alkyl halides is 1. The molecule has 1 amide bonds. The third-order valence-electron chi connectivity index (χ3n) is 3.05. The number of rotatable bonds is 2. The van der Waals surface area contributed by atoms with E-state index in [0.29, 0.717) is 3.57 Å². The highest BCUT2D eigenvalue weighted by Crippen LogP contribution is 2.28. The summed E-state index contributed by atoms with van der Waals surface area (Å²) >= 11 is 1.81. The summed E-state index contributed by atoms with van der Waals surface area (Å²) in [6, 6.07) is 3.66. The highest BCUT2D eigenvalue weighted by molar-refractivity contribution is 14.1. The van der Waals surface area contributed by atoms with Crippen LogP contribution in [0.3, 0.4) is 0 Å². The Balaban J connectivity index is 2.20. The lowest BCUT2D eigenvalue weighted by atomic mass is 10.1. The van der Waals surface area contributed by atoms with Crippen molar-refractivity contribution in [1.29, 1.82) is 0 Å². The topological polar surface area (TPSA) is 57.6 Å². The van der Waals surface area contributed by atoms with Crippen molar-refractivity contribution in [2.45, 2.75) is 12.1 Å². The van der Waals surface area contributed by atoms with Crippen LogP contribution in [0.15, 0.2) is 18.2 Å². The van der Waals surface area contributed by atoms with E-state index in [1.165, 1.54) is 12.1 Å². The van der Waals surface area contributed by atoms with Gasteiger partial charge >= 0.3 is 5.97 Å². The molecule has 4 nitrogen and oxygen atoms in total. The highest BCUT2D eigenvalue weighted by atomic mass is 127. The molecular weight excluding hydrogens is 371 g/mol. The summed E-state index contributed by atoms with van der Waals surface area (Å²) < 4.78 is 27.2. The first kappa shape index (κ1) is 14.2. The maximum Gasteiger partial charge on any atom is 0.343 e. The van der Waals surface area contributed by atoms with E-state index in [-0.39, 0.29) is 18.5 Å². The van der Waals surface area contributed by atoms with Crippen molar-refractivity contribution in [3.05, 3.63) is 33.1 Å². The van der Waals surface area contributed by atoms with Crippen LogP contribution in [0, 0.1) is 9.39 Å². The van der Waals surface area contributed by atoms with Crippen molar-refractivity contribution in [3.63, 3.8) is 0 Å². The average Bonchev–Trinajstić information content (AvgIpc) is 2.73. The van der Waals surface area contributed by atoms with Gasteiger partial charge in [-0.05, 0) is 40.8 Å². The van der Waals surface area contributed by atoms with E-state index in [1.54, 1.807) is 0 Å². The lowest BCUT2D eigenvalue weighted by Gasteiger charge is -2.18. The standard InChI is InChI=1S/C12H10F2INO3/c13-7-1-2-8(9(15)5-7)10(17)16-4-3-12(14,6-16)11(18)19/h1-2,5H,3-4,6H2,(H,18,19). The van der Waals surface area contributed by atoms with E-state index >= 15 is 0 Å². The number of likely N-dealkylation sites (tertiary alicyclic amines) is 1. The van der Waals surface area contributed by atoms with E-state index in [0.717, 1.165) is 11.0 Å². The molecule has 1 atom stereocenters. The first-order valence-electron chi connectivity index (χ1n) is 5.50. The van der Waals surface area contributed by atoms with E-state index in [1.807, 2.05) is 22.6 Å². The summed E-state index contributed by atoms with van der Waals surface area (Å²) in [6.45, 7) is -0.441. The number of halogens is 3. The lowest BCUT2D eigenvalue weighted by Crippen LogP contribution is -2.39. The van der Waals surface area contributed by atoms with Gasteiger partial charge in [0.1, 0.15) is 5.82 Å². The third kappa shape index (κ3) is 2.70. The van der Waals surface area contributed by atoms with Crippen molar-refractivity contribution in [2.24, 2.45) is 0 Å². The number of carboxylic acid groups (broad SMARTS) is 1. The highest BCUT2D eigenvalue weighted by Gasteiger charge is 2.47. The zero-order valence-electron chi connectivity index (χ0n) is 9.70. The van der Waals surface area contributed by atoms with Crippen LogP contribution in [0.4, 0.5) is 8.78 Å². The van der Waals surface area contributed by atoms with Crippen LogP contribution in [0.2, 0.25) is 0 Å². The molecule has 0 saturated carbocycles. The first-order valence-corrected chi connectivity index (χ1v) is 6.58. The molecule has 1 saturated heterocycles. The van der Waals surface area contributed by atoms with Crippen LogP contribution < -0.4 is 0 Å². The molecule has 1 N–H and O–H groups in total.